The van der Waals surface area contributed by atoms with Gasteiger partial charge in [0.25, 0.3) is 5.91 Å². The van der Waals surface area contributed by atoms with Gasteiger partial charge in [-0.2, -0.15) is 0 Å². The predicted octanol–water partition coefficient (Wildman–Crippen LogP) is 2.71. The van der Waals surface area contributed by atoms with Crippen LogP contribution in [0.15, 0.2) is 53.4 Å². The van der Waals surface area contributed by atoms with Gasteiger partial charge in [0.1, 0.15) is 5.82 Å². The van der Waals surface area contributed by atoms with Crippen LogP contribution in [0.2, 0.25) is 0 Å². The summed E-state index contributed by atoms with van der Waals surface area (Å²) < 4.78 is 39.3. The largest absolute Gasteiger partial charge is 0.332 e. The molecule has 1 amide bonds. The van der Waals surface area contributed by atoms with Crippen molar-refractivity contribution in [1.29, 1.82) is 0 Å². The van der Waals surface area contributed by atoms with E-state index in [0.717, 1.165) is 18.4 Å². The predicted molar refractivity (Wildman–Crippen MR) is 92.1 cm³/mol. The van der Waals surface area contributed by atoms with Crippen LogP contribution in [-0.4, -0.2) is 32.8 Å². The van der Waals surface area contributed by atoms with Gasteiger partial charge in [-0.05, 0) is 55.8 Å². The van der Waals surface area contributed by atoms with E-state index in [1.54, 1.807) is 29.2 Å². The maximum Gasteiger partial charge on any atom is 0.254 e. The Hall–Kier alpha value is -2.25. The van der Waals surface area contributed by atoms with Gasteiger partial charge in [0, 0.05) is 12.1 Å². The number of hydrogen-bond donors (Lipinski definition) is 1. The number of carbonyl (C=O) groups is 1. The van der Waals surface area contributed by atoms with Gasteiger partial charge in [-0.3, -0.25) is 4.79 Å². The number of amides is 1. The molecule has 1 saturated heterocycles. The number of nitrogens with zero attached hydrogens (tertiary/aromatic N) is 1. The molecule has 132 valence electrons. The third-order valence-electron chi connectivity index (χ3n) is 4.43. The first-order valence-electron chi connectivity index (χ1n) is 8.02. The van der Waals surface area contributed by atoms with Gasteiger partial charge in [-0.1, -0.05) is 18.2 Å². The molecule has 1 heterocycles. The van der Waals surface area contributed by atoms with E-state index in [1.165, 1.54) is 31.3 Å². The zero-order chi connectivity index (χ0) is 18.0. The number of carbonyl (C=O) groups excluding carboxylic acids is 1. The molecular weight excluding hydrogens is 343 g/mol. The zero-order valence-corrected chi connectivity index (χ0v) is 14.6. The first kappa shape index (κ1) is 17.6. The molecule has 1 atom stereocenters. The summed E-state index contributed by atoms with van der Waals surface area (Å²) >= 11 is 0. The van der Waals surface area contributed by atoms with Crippen molar-refractivity contribution in [3.8, 4) is 0 Å². The van der Waals surface area contributed by atoms with Crippen molar-refractivity contribution in [3.05, 3.63) is 65.5 Å². The molecule has 1 N–H and O–H groups in total. The fourth-order valence-electron chi connectivity index (χ4n) is 3.12. The Bertz CT molecular complexity index is 881. The van der Waals surface area contributed by atoms with Crippen LogP contribution in [0.4, 0.5) is 4.39 Å². The minimum atomic E-state index is -3.61. The molecule has 1 aliphatic heterocycles. The van der Waals surface area contributed by atoms with Crippen LogP contribution in [0, 0.1) is 5.82 Å². The summed E-state index contributed by atoms with van der Waals surface area (Å²) in [5.41, 5.74) is 1.21. The van der Waals surface area contributed by atoms with E-state index in [1.807, 2.05) is 0 Å². The molecule has 2 aromatic carbocycles. The molecule has 1 fully saturated rings. The lowest BCUT2D eigenvalue weighted by atomic mass is 10.0. The maximum atomic E-state index is 13.1. The lowest BCUT2D eigenvalue weighted by Crippen LogP contribution is -2.30. The zero-order valence-electron chi connectivity index (χ0n) is 13.8. The summed E-state index contributed by atoms with van der Waals surface area (Å²) in [6.45, 7) is 0.587. The number of rotatable bonds is 4. The lowest BCUT2D eigenvalue weighted by molar-refractivity contribution is 0.0735. The summed E-state index contributed by atoms with van der Waals surface area (Å²) in [7, 11) is -2.28. The second-order valence-electron chi connectivity index (χ2n) is 5.94. The average molecular weight is 362 g/mol. The molecule has 7 heteroatoms. The Kier molecular flexibility index (Phi) is 4.87. The van der Waals surface area contributed by atoms with Crippen LogP contribution in [0.25, 0.3) is 0 Å². The van der Waals surface area contributed by atoms with Gasteiger partial charge in [0.2, 0.25) is 10.0 Å². The summed E-state index contributed by atoms with van der Waals surface area (Å²) in [6, 6.07) is 12.0. The summed E-state index contributed by atoms with van der Waals surface area (Å²) in [5, 5.41) is 0. The topological polar surface area (TPSA) is 66.5 Å². The second-order valence-corrected chi connectivity index (χ2v) is 7.83. The van der Waals surface area contributed by atoms with Crippen molar-refractivity contribution in [1.82, 2.24) is 9.62 Å². The molecule has 2 aromatic rings. The van der Waals surface area contributed by atoms with E-state index >= 15 is 0 Å². The number of halogens is 1. The van der Waals surface area contributed by atoms with Gasteiger partial charge in [-0.15, -0.1) is 0 Å². The molecular formula is C18H19FN2O3S. The number of likely N-dealkylation sites (tertiary alicyclic amines) is 1. The third kappa shape index (κ3) is 3.57. The standard InChI is InChI=1S/C18H19FN2O3S/c1-20-25(23,24)16-5-2-4-14(12-16)18(22)21-11-3-6-17(21)13-7-9-15(19)10-8-13/h2,4-5,7-10,12,17,20H,3,6,11H2,1H3/t17-/m1/s1. The summed E-state index contributed by atoms with van der Waals surface area (Å²) in [6.07, 6.45) is 1.65. The highest BCUT2D eigenvalue weighted by atomic mass is 32.2. The molecule has 0 radical (unpaired) electrons. The number of nitrogens with one attached hydrogen (secondary N) is 1. The number of hydrogen-bond acceptors (Lipinski definition) is 3. The van der Waals surface area contributed by atoms with Crippen molar-refractivity contribution in [2.45, 2.75) is 23.8 Å². The van der Waals surface area contributed by atoms with Crippen molar-refractivity contribution >= 4 is 15.9 Å². The van der Waals surface area contributed by atoms with Crippen molar-refractivity contribution < 1.29 is 17.6 Å². The number of benzene rings is 2. The van der Waals surface area contributed by atoms with Crippen molar-refractivity contribution in [2.24, 2.45) is 0 Å². The molecule has 0 saturated carbocycles. The van der Waals surface area contributed by atoms with Gasteiger partial charge >= 0.3 is 0 Å². The molecule has 0 bridgehead atoms. The van der Waals surface area contributed by atoms with E-state index in [9.17, 15) is 17.6 Å². The van der Waals surface area contributed by atoms with E-state index < -0.39 is 10.0 Å². The molecule has 3 rings (SSSR count). The summed E-state index contributed by atoms with van der Waals surface area (Å²) in [4.78, 5) is 14.7. The molecule has 25 heavy (non-hydrogen) atoms. The van der Waals surface area contributed by atoms with Crippen LogP contribution in [0.1, 0.15) is 34.8 Å². The number of sulfonamides is 1. The Balaban J connectivity index is 1.89. The highest BCUT2D eigenvalue weighted by Crippen LogP contribution is 2.33. The fraction of sp³-hybridized carbons (Fsp3) is 0.278. The average Bonchev–Trinajstić information content (AvgIpc) is 3.11. The van der Waals surface area contributed by atoms with E-state index in [2.05, 4.69) is 4.72 Å². The minimum Gasteiger partial charge on any atom is -0.332 e. The monoisotopic (exact) mass is 362 g/mol. The van der Waals surface area contributed by atoms with E-state index in [0.29, 0.717) is 12.1 Å². The fourth-order valence-corrected chi connectivity index (χ4v) is 3.90. The van der Waals surface area contributed by atoms with Crippen molar-refractivity contribution in [3.63, 3.8) is 0 Å². The third-order valence-corrected chi connectivity index (χ3v) is 5.84. The normalized spacial score (nSPS) is 17.7. The smallest absolute Gasteiger partial charge is 0.254 e. The Morgan fingerprint density at radius 3 is 2.60 bits per heavy atom. The van der Waals surface area contributed by atoms with Gasteiger partial charge in [0.15, 0.2) is 0 Å². The Morgan fingerprint density at radius 1 is 1.20 bits per heavy atom. The molecule has 5 nitrogen and oxygen atoms in total. The highest BCUT2D eigenvalue weighted by molar-refractivity contribution is 7.89. The quantitative estimate of drug-likeness (QED) is 0.909. The van der Waals surface area contributed by atoms with Gasteiger partial charge in [0.05, 0.1) is 10.9 Å². The molecule has 0 aliphatic carbocycles. The van der Waals surface area contributed by atoms with E-state index in [4.69, 9.17) is 0 Å². The maximum absolute atomic E-state index is 13.1. The van der Waals surface area contributed by atoms with Crippen LogP contribution in [-0.2, 0) is 10.0 Å². The van der Waals surface area contributed by atoms with Crippen LogP contribution >= 0.6 is 0 Å². The highest BCUT2D eigenvalue weighted by Gasteiger charge is 2.31. The van der Waals surface area contributed by atoms with Gasteiger partial charge < -0.3 is 4.90 Å². The SMILES string of the molecule is CNS(=O)(=O)c1cccc(C(=O)N2CCC[C@@H]2c2ccc(F)cc2)c1. The van der Waals surface area contributed by atoms with Crippen LogP contribution in [0.5, 0.6) is 0 Å². The molecule has 0 aromatic heterocycles. The van der Waals surface area contributed by atoms with Gasteiger partial charge in [-0.25, -0.2) is 17.5 Å². The Morgan fingerprint density at radius 2 is 1.92 bits per heavy atom. The lowest BCUT2D eigenvalue weighted by Gasteiger charge is -2.25. The van der Waals surface area contributed by atoms with E-state index in [-0.39, 0.29) is 22.7 Å². The van der Waals surface area contributed by atoms with Crippen LogP contribution < -0.4 is 4.72 Å². The molecule has 0 spiro atoms. The molecule has 1 aliphatic rings. The van der Waals surface area contributed by atoms with Crippen molar-refractivity contribution in [2.75, 3.05) is 13.6 Å². The minimum absolute atomic E-state index is 0.0541. The second kappa shape index (κ2) is 6.93. The first-order valence-corrected chi connectivity index (χ1v) is 9.51. The molecule has 0 unspecified atom stereocenters. The van der Waals surface area contributed by atoms with Crippen LogP contribution in [0.3, 0.4) is 0 Å². The first-order chi connectivity index (χ1) is 11.9. The Labute approximate surface area is 146 Å². The summed E-state index contributed by atoms with van der Waals surface area (Å²) in [5.74, 6) is -0.537.